The highest BCUT2D eigenvalue weighted by molar-refractivity contribution is 7.91. The molecule has 1 aromatic rings. The Morgan fingerprint density at radius 2 is 1.67 bits per heavy atom. The Labute approximate surface area is 157 Å². The highest BCUT2D eigenvalue weighted by Gasteiger charge is 2.32. The van der Waals surface area contributed by atoms with Gasteiger partial charge in [-0.25, -0.2) is 8.42 Å². The molecule has 1 saturated heterocycles. The molecule has 10 heteroatoms. The predicted octanol–water partition coefficient (Wildman–Crippen LogP) is 0.308. The third-order valence-corrected chi connectivity index (χ3v) is 5.83. The van der Waals surface area contributed by atoms with Gasteiger partial charge in [0.25, 0.3) is 5.91 Å². The fourth-order valence-electron chi connectivity index (χ4n) is 2.62. The van der Waals surface area contributed by atoms with E-state index in [1.54, 1.807) is 12.1 Å². The fourth-order valence-corrected chi connectivity index (χ4v) is 4.36. The van der Waals surface area contributed by atoms with Gasteiger partial charge in [-0.3, -0.25) is 20.4 Å². The van der Waals surface area contributed by atoms with Gasteiger partial charge in [0.05, 0.1) is 38.8 Å². The van der Waals surface area contributed by atoms with E-state index in [-0.39, 0.29) is 17.9 Å². The van der Waals surface area contributed by atoms with E-state index < -0.39 is 27.6 Å². The average Bonchev–Trinajstić information content (AvgIpc) is 3.03. The number of hydrazine groups is 1. The topological polar surface area (TPSA) is 120 Å². The highest BCUT2D eigenvalue weighted by Crippen LogP contribution is 2.35. The fraction of sp³-hybridized carbons (Fsp3) is 0.412. The van der Waals surface area contributed by atoms with Crippen LogP contribution in [0, 0.1) is 5.92 Å². The number of hydrogen-bond donors (Lipinski definition) is 2. The lowest BCUT2D eigenvalue weighted by Crippen LogP contribution is -2.44. The van der Waals surface area contributed by atoms with E-state index in [0.717, 1.165) is 0 Å². The molecular weight excluding hydrogens is 376 g/mol. The summed E-state index contributed by atoms with van der Waals surface area (Å²) in [6.07, 6.45) is 2.94. The van der Waals surface area contributed by atoms with Crippen LogP contribution < -0.4 is 25.1 Å². The van der Waals surface area contributed by atoms with Gasteiger partial charge in [0.15, 0.2) is 21.3 Å². The van der Waals surface area contributed by atoms with Gasteiger partial charge in [-0.05, 0) is 18.6 Å². The van der Waals surface area contributed by atoms with Crippen LogP contribution in [0.25, 0.3) is 6.08 Å². The van der Waals surface area contributed by atoms with E-state index in [1.165, 1.54) is 33.5 Å². The Morgan fingerprint density at radius 3 is 2.22 bits per heavy atom. The zero-order valence-electron chi connectivity index (χ0n) is 15.3. The number of carbonyl (C=O) groups is 2. The molecule has 2 N–H and O–H groups in total. The van der Waals surface area contributed by atoms with Gasteiger partial charge < -0.3 is 14.2 Å². The van der Waals surface area contributed by atoms with Gasteiger partial charge >= 0.3 is 0 Å². The minimum Gasteiger partial charge on any atom is -0.496 e. The van der Waals surface area contributed by atoms with Crippen LogP contribution in [-0.2, 0) is 19.4 Å². The molecule has 0 bridgehead atoms. The average molecular weight is 398 g/mol. The summed E-state index contributed by atoms with van der Waals surface area (Å²) in [6.45, 7) is 0. The first kappa shape index (κ1) is 20.6. The molecule has 1 aromatic carbocycles. The zero-order valence-corrected chi connectivity index (χ0v) is 16.1. The molecule has 1 heterocycles. The first-order chi connectivity index (χ1) is 12.8. The second kappa shape index (κ2) is 8.76. The van der Waals surface area contributed by atoms with E-state index in [9.17, 15) is 18.0 Å². The van der Waals surface area contributed by atoms with Gasteiger partial charge in [0.2, 0.25) is 5.91 Å². The third kappa shape index (κ3) is 5.36. The van der Waals surface area contributed by atoms with E-state index >= 15 is 0 Å². The molecule has 1 aliphatic rings. The maximum atomic E-state index is 11.9. The molecule has 0 spiro atoms. The molecular formula is C17H22N2O7S. The van der Waals surface area contributed by atoms with E-state index in [1.807, 2.05) is 0 Å². The molecule has 9 nitrogen and oxygen atoms in total. The summed E-state index contributed by atoms with van der Waals surface area (Å²) >= 11 is 0. The molecule has 2 rings (SSSR count). The van der Waals surface area contributed by atoms with E-state index in [2.05, 4.69) is 10.9 Å². The van der Waals surface area contributed by atoms with Crippen molar-refractivity contribution in [2.24, 2.45) is 5.92 Å². The SMILES string of the molecule is COc1cc(OC)c(OC)cc1/C=C/C(=O)NNC(=O)[C@@H]1CCS(=O)(=O)C1. The van der Waals surface area contributed by atoms with Crippen LogP contribution in [0.2, 0.25) is 0 Å². The summed E-state index contributed by atoms with van der Waals surface area (Å²) in [5, 5.41) is 0. The number of amides is 2. The maximum absolute atomic E-state index is 11.9. The van der Waals surface area contributed by atoms with Crippen molar-refractivity contribution in [3.8, 4) is 17.2 Å². The quantitative estimate of drug-likeness (QED) is 0.523. The normalized spacial score (nSPS) is 18.1. The molecule has 1 atom stereocenters. The standard InChI is InChI=1S/C17H22N2O7S/c1-24-13-9-15(26-3)14(25-2)8-11(13)4-5-16(20)18-19-17(21)12-6-7-27(22,23)10-12/h4-5,8-9,12H,6-7,10H2,1-3H3,(H,18,20)(H,19,21)/b5-4+/t12-/m1/s1. The van der Waals surface area contributed by atoms with Crippen LogP contribution in [-0.4, -0.2) is 53.1 Å². The molecule has 148 valence electrons. The van der Waals surface area contributed by atoms with Crippen molar-refractivity contribution in [1.82, 2.24) is 10.9 Å². The molecule has 0 aliphatic carbocycles. The number of benzene rings is 1. The van der Waals surface area contributed by atoms with Crippen LogP contribution in [0.15, 0.2) is 18.2 Å². The van der Waals surface area contributed by atoms with Crippen molar-refractivity contribution in [3.63, 3.8) is 0 Å². The number of ether oxygens (including phenoxy) is 3. The summed E-state index contributed by atoms with van der Waals surface area (Å²) in [5.41, 5.74) is 5.03. The minimum absolute atomic E-state index is 0.0158. The molecule has 0 radical (unpaired) electrons. The Bertz CT molecular complexity index is 849. The highest BCUT2D eigenvalue weighted by atomic mass is 32.2. The predicted molar refractivity (Wildman–Crippen MR) is 98.2 cm³/mol. The lowest BCUT2D eigenvalue weighted by molar-refractivity contribution is -0.129. The summed E-state index contributed by atoms with van der Waals surface area (Å²) in [6, 6.07) is 3.27. The number of sulfone groups is 1. The van der Waals surface area contributed by atoms with Crippen molar-refractivity contribution < 1.29 is 32.2 Å². The third-order valence-electron chi connectivity index (χ3n) is 4.06. The van der Waals surface area contributed by atoms with Crippen LogP contribution in [0.1, 0.15) is 12.0 Å². The van der Waals surface area contributed by atoms with Crippen molar-refractivity contribution in [2.75, 3.05) is 32.8 Å². The van der Waals surface area contributed by atoms with Crippen molar-refractivity contribution in [3.05, 3.63) is 23.8 Å². The second-order valence-corrected chi connectivity index (χ2v) is 8.09. The van der Waals surface area contributed by atoms with Crippen molar-refractivity contribution >= 4 is 27.7 Å². The Kier molecular flexibility index (Phi) is 6.67. The minimum atomic E-state index is -3.17. The Hall–Kier alpha value is -2.75. The van der Waals surface area contributed by atoms with Crippen molar-refractivity contribution in [2.45, 2.75) is 6.42 Å². The van der Waals surface area contributed by atoms with Gasteiger partial charge in [-0.15, -0.1) is 0 Å². The van der Waals surface area contributed by atoms with Crippen molar-refractivity contribution in [1.29, 1.82) is 0 Å². The summed E-state index contributed by atoms with van der Waals surface area (Å²) < 4.78 is 38.4. The van der Waals surface area contributed by atoms with Crippen LogP contribution in [0.4, 0.5) is 0 Å². The first-order valence-corrected chi connectivity index (χ1v) is 9.90. The smallest absolute Gasteiger partial charge is 0.262 e. The number of nitrogens with one attached hydrogen (secondary N) is 2. The van der Waals surface area contributed by atoms with Gasteiger partial charge in [0, 0.05) is 17.7 Å². The molecule has 2 amide bonds. The van der Waals surface area contributed by atoms with Gasteiger partial charge in [0.1, 0.15) is 5.75 Å². The second-order valence-electron chi connectivity index (χ2n) is 5.86. The Balaban J connectivity index is 1.99. The molecule has 0 aromatic heterocycles. The first-order valence-electron chi connectivity index (χ1n) is 8.08. The maximum Gasteiger partial charge on any atom is 0.262 e. The molecule has 1 fully saturated rings. The summed E-state index contributed by atoms with van der Waals surface area (Å²) in [4.78, 5) is 23.8. The largest absolute Gasteiger partial charge is 0.496 e. The zero-order chi connectivity index (χ0) is 20.0. The monoisotopic (exact) mass is 398 g/mol. The summed E-state index contributed by atoms with van der Waals surface area (Å²) in [7, 11) is 1.30. The lowest BCUT2D eigenvalue weighted by atomic mass is 10.1. The van der Waals surface area contributed by atoms with Crippen LogP contribution >= 0.6 is 0 Å². The molecule has 27 heavy (non-hydrogen) atoms. The molecule has 1 aliphatic heterocycles. The Morgan fingerprint density at radius 1 is 1.04 bits per heavy atom. The number of methoxy groups -OCH3 is 3. The number of rotatable bonds is 6. The van der Waals surface area contributed by atoms with E-state index in [0.29, 0.717) is 22.8 Å². The number of carbonyl (C=O) groups excluding carboxylic acids is 2. The summed E-state index contributed by atoms with van der Waals surface area (Å²) in [5.74, 6) is -0.556. The molecule has 0 unspecified atom stereocenters. The van der Waals surface area contributed by atoms with Crippen LogP contribution in [0.3, 0.4) is 0 Å². The van der Waals surface area contributed by atoms with Crippen LogP contribution in [0.5, 0.6) is 17.2 Å². The number of hydrogen-bond acceptors (Lipinski definition) is 7. The van der Waals surface area contributed by atoms with E-state index in [4.69, 9.17) is 14.2 Å². The lowest BCUT2D eigenvalue weighted by Gasteiger charge is -2.12. The van der Waals surface area contributed by atoms with Gasteiger partial charge in [-0.2, -0.15) is 0 Å². The van der Waals surface area contributed by atoms with Gasteiger partial charge in [-0.1, -0.05) is 0 Å². The molecule has 0 saturated carbocycles.